The number of aryl methyl sites for hydroxylation is 2. The summed E-state index contributed by atoms with van der Waals surface area (Å²) in [6.07, 6.45) is -5.01. The van der Waals surface area contributed by atoms with Gasteiger partial charge in [0.2, 0.25) is 10.0 Å². The first kappa shape index (κ1) is 21.3. The summed E-state index contributed by atoms with van der Waals surface area (Å²) in [5.74, 6) is -0.786. The van der Waals surface area contributed by atoms with Crippen molar-refractivity contribution in [2.24, 2.45) is 0 Å². The van der Waals surface area contributed by atoms with E-state index in [9.17, 15) is 21.6 Å². The fourth-order valence-electron chi connectivity index (χ4n) is 2.90. The second kappa shape index (κ2) is 8.17. The molecule has 0 fully saturated rings. The van der Waals surface area contributed by atoms with Crippen LogP contribution in [-0.4, -0.2) is 31.1 Å². The van der Waals surface area contributed by atoms with E-state index in [2.05, 4.69) is 14.6 Å². The van der Waals surface area contributed by atoms with Gasteiger partial charge in [0.15, 0.2) is 0 Å². The van der Waals surface area contributed by atoms with Gasteiger partial charge < -0.3 is 4.74 Å². The molecule has 2 aromatic heterocycles. The number of nitrogens with one attached hydrogen (secondary N) is 1. The standard InChI is InChI=1S/C18H18F3N3O3S2/c1-12-10-13(2)24(23-12)14(16-7-5-9-28-16)11-22-29(25,26)17-8-4-3-6-15(17)27-18(19,20)21/h3-10,14,22H,11H2,1-2H3/t14-/m0/s1. The average molecular weight is 445 g/mol. The number of benzene rings is 1. The van der Waals surface area contributed by atoms with Crippen LogP contribution in [0.2, 0.25) is 0 Å². The summed E-state index contributed by atoms with van der Waals surface area (Å²) in [5.41, 5.74) is 1.61. The number of hydrogen-bond acceptors (Lipinski definition) is 5. The quantitative estimate of drug-likeness (QED) is 0.596. The monoisotopic (exact) mass is 445 g/mol. The molecule has 1 aromatic carbocycles. The lowest BCUT2D eigenvalue weighted by molar-refractivity contribution is -0.275. The van der Waals surface area contributed by atoms with E-state index in [0.29, 0.717) is 0 Å². The van der Waals surface area contributed by atoms with Crippen LogP contribution in [0.4, 0.5) is 13.2 Å². The van der Waals surface area contributed by atoms with Gasteiger partial charge >= 0.3 is 6.36 Å². The van der Waals surface area contributed by atoms with E-state index in [4.69, 9.17) is 0 Å². The maximum Gasteiger partial charge on any atom is 0.573 e. The Kier molecular flexibility index (Phi) is 6.01. The molecule has 0 amide bonds. The van der Waals surface area contributed by atoms with Gasteiger partial charge in [-0.1, -0.05) is 18.2 Å². The Hall–Kier alpha value is -2.37. The minimum Gasteiger partial charge on any atom is -0.404 e. The zero-order valence-electron chi connectivity index (χ0n) is 15.5. The number of alkyl halides is 3. The van der Waals surface area contributed by atoms with Crippen molar-refractivity contribution >= 4 is 21.4 Å². The van der Waals surface area contributed by atoms with Crippen LogP contribution in [0, 0.1) is 13.8 Å². The number of sulfonamides is 1. The van der Waals surface area contributed by atoms with E-state index in [1.807, 2.05) is 37.4 Å². The molecule has 11 heteroatoms. The second-order valence-corrected chi connectivity index (χ2v) is 8.96. The Balaban J connectivity index is 1.89. The summed E-state index contributed by atoms with van der Waals surface area (Å²) >= 11 is 1.43. The molecule has 1 atom stereocenters. The molecule has 3 aromatic rings. The van der Waals surface area contributed by atoms with Crippen LogP contribution in [0.1, 0.15) is 22.3 Å². The fraction of sp³-hybridized carbons (Fsp3) is 0.278. The van der Waals surface area contributed by atoms with Crippen LogP contribution in [-0.2, 0) is 10.0 Å². The number of nitrogens with zero attached hydrogens (tertiary/aromatic N) is 2. The van der Waals surface area contributed by atoms with Crippen LogP contribution >= 0.6 is 11.3 Å². The molecule has 2 heterocycles. The highest BCUT2D eigenvalue weighted by molar-refractivity contribution is 7.89. The molecule has 0 aliphatic carbocycles. The molecule has 0 radical (unpaired) electrons. The number of aromatic nitrogens is 2. The third-order valence-corrected chi connectivity index (χ3v) is 6.48. The zero-order valence-corrected chi connectivity index (χ0v) is 17.1. The van der Waals surface area contributed by atoms with E-state index in [1.54, 1.807) is 4.68 Å². The number of thiophene rings is 1. The number of rotatable bonds is 7. The van der Waals surface area contributed by atoms with Crippen molar-refractivity contribution in [1.82, 2.24) is 14.5 Å². The smallest absolute Gasteiger partial charge is 0.404 e. The van der Waals surface area contributed by atoms with Gasteiger partial charge in [-0.3, -0.25) is 4.68 Å². The van der Waals surface area contributed by atoms with E-state index < -0.39 is 33.1 Å². The maximum atomic E-state index is 12.7. The zero-order chi connectivity index (χ0) is 21.2. The van der Waals surface area contributed by atoms with Crippen molar-refractivity contribution in [1.29, 1.82) is 0 Å². The second-order valence-electron chi connectivity index (χ2n) is 6.25. The van der Waals surface area contributed by atoms with Gasteiger partial charge in [0, 0.05) is 17.1 Å². The third-order valence-electron chi connectivity index (χ3n) is 4.04. The van der Waals surface area contributed by atoms with Crippen LogP contribution in [0.5, 0.6) is 5.75 Å². The van der Waals surface area contributed by atoms with Crippen LogP contribution in [0.15, 0.2) is 52.7 Å². The Bertz CT molecular complexity index is 1080. The van der Waals surface area contributed by atoms with Crippen LogP contribution < -0.4 is 9.46 Å². The fourth-order valence-corrected chi connectivity index (χ4v) is 4.87. The molecule has 0 aliphatic rings. The molecule has 0 spiro atoms. The third kappa shape index (κ3) is 5.17. The minimum absolute atomic E-state index is 0.0921. The maximum absolute atomic E-state index is 12.7. The molecule has 6 nitrogen and oxygen atoms in total. The highest BCUT2D eigenvalue weighted by atomic mass is 32.2. The summed E-state index contributed by atoms with van der Waals surface area (Å²) in [4.78, 5) is 0.273. The number of ether oxygens (including phenoxy) is 1. The highest BCUT2D eigenvalue weighted by Gasteiger charge is 2.34. The predicted octanol–water partition coefficient (Wildman–Crippen LogP) is 4.03. The Morgan fingerprint density at radius 2 is 1.93 bits per heavy atom. The number of hydrogen-bond donors (Lipinski definition) is 1. The molecular weight excluding hydrogens is 427 g/mol. The van der Waals surface area contributed by atoms with Gasteiger partial charge in [0.1, 0.15) is 10.6 Å². The lowest BCUT2D eigenvalue weighted by atomic mass is 10.2. The van der Waals surface area contributed by atoms with Crippen molar-refractivity contribution in [3.63, 3.8) is 0 Å². The van der Waals surface area contributed by atoms with Crippen LogP contribution in [0.3, 0.4) is 0 Å². The van der Waals surface area contributed by atoms with Crippen LogP contribution in [0.25, 0.3) is 0 Å². The molecule has 1 N–H and O–H groups in total. The van der Waals surface area contributed by atoms with E-state index >= 15 is 0 Å². The van der Waals surface area contributed by atoms with Gasteiger partial charge in [-0.05, 0) is 43.5 Å². The van der Waals surface area contributed by atoms with E-state index in [-0.39, 0.29) is 6.54 Å². The van der Waals surface area contributed by atoms with Gasteiger partial charge in [0.05, 0.1) is 11.7 Å². The largest absolute Gasteiger partial charge is 0.573 e. The summed E-state index contributed by atoms with van der Waals surface area (Å²) in [6, 6.07) is 9.71. The summed E-state index contributed by atoms with van der Waals surface area (Å²) in [6.45, 7) is 3.58. The van der Waals surface area contributed by atoms with E-state index in [1.165, 1.54) is 23.5 Å². The van der Waals surface area contributed by atoms with Crippen molar-refractivity contribution in [3.05, 3.63) is 64.1 Å². The first-order chi connectivity index (χ1) is 13.6. The number of halogens is 3. The summed E-state index contributed by atoms with van der Waals surface area (Å²) in [7, 11) is -4.27. The molecule has 156 valence electrons. The number of para-hydroxylation sites is 1. The predicted molar refractivity (Wildman–Crippen MR) is 102 cm³/mol. The lowest BCUT2D eigenvalue weighted by Gasteiger charge is -2.20. The molecule has 3 rings (SSSR count). The van der Waals surface area contributed by atoms with Gasteiger partial charge in [-0.2, -0.15) is 5.10 Å². The lowest BCUT2D eigenvalue weighted by Crippen LogP contribution is -2.32. The highest BCUT2D eigenvalue weighted by Crippen LogP contribution is 2.30. The van der Waals surface area contributed by atoms with Gasteiger partial charge in [-0.25, -0.2) is 13.1 Å². The normalized spacial score (nSPS) is 13.4. The molecular formula is C18H18F3N3O3S2. The molecule has 0 aliphatic heterocycles. The Morgan fingerprint density at radius 1 is 1.21 bits per heavy atom. The Labute approximate surface area is 170 Å². The van der Waals surface area contributed by atoms with Crippen molar-refractivity contribution in [2.45, 2.75) is 31.1 Å². The average Bonchev–Trinajstić information content (AvgIpc) is 3.24. The first-order valence-corrected chi connectivity index (χ1v) is 10.8. The van der Waals surface area contributed by atoms with Crippen molar-refractivity contribution in [3.8, 4) is 5.75 Å². The van der Waals surface area contributed by atoms with Crippen molar-refractivity contribution in [2.75, 3.05) is 6.54 Å². The molecule has 0 unspecified atom stereocenters. The molecule has 29 heavy (non-hydrogen) atoms. The molecule has 0 saturated carbocycles. The summed E-state index contributed by atoms with van der Waals surface area (Å²) in [5, 5.41) is 6.28. The first-order valence-electron chi connectivity index (χ1n) is 8.47. The SMILES string of the molecule is Cc1cc(C)n([C@@H](CNS(=O)(=O)c2ccccc2OC(F)(F)F)c2cccs2)n1. The van der Waals surface area contributed by atoms with Gasteiger partial charge in [-0.15, -0.1) is 24.5 Å². The topological polar surface area (TPSA) is 73.2 Å². The minimum atomic E-state index is -5.01. The van der Waals surface area contributed by atoms with Crippen molar-refractivity contribution < 1.29 is 26.3 Å². The Morgan fingerprint density at radius 3 is 2.52 bits per heavy atom. The van der Waals surface area contributed by atoms with E-state index in [0.717, 1.165) is 28.4 Å². The van der Waals surface area contributed by atoms with Gasteiger partial charge in [0.25, 0.3) is 0 Å². The molecule has 0 saturated heterocycles. The molecule has 0 bridgehead atoms. The summed E-state index contributed by atoms with van der Waals surface area (Å²) < 4.78 is 71.4.